The maximum atomic E-state index is 13.2. The number of rotatable bonds is 6. The fourth-order valence-corrected chi connectivity index (χ4v) is 2.76. The first kappa shape index (κ1) is 27.6. The summed E-state index contributed by atoms with van der Waals surface area (Å²) in [7, 11) is 0. The predicted molar refractivity (Wildman–Crippen MR) is 120 cm³/mol. The van der Waals surface area contributed by atoms with Gasteiger partial charge in [0.25, 0.3) is 0 Å². The number of aryl methyl sites for hydroxylation is 1. The summed E-state index contributed by atoms with van der Waals surface area (Å²) in [4.78, 5) is 22.9. The lowest BCUT2D eigenvalue weighted by molar-refractivity contribution is -0.137. The summed E-state index contributed by atoms with van der Waals surface area (Å²) in [5.74, 6) is 3.24. The Hall–Kier alpha value is -3.47. The van der Waals surface area contributed by atoms with E-state index in [1.807, 2.05) is 13.8 Å². The largest absolute Gasteiger partial charge is 0.508 e. The molecule has 3 N–H and O–H groups in total. The minimum absolute atomic E-state index is 0.0346. The van der Waals surface area contributed by atoms with Gasteiger partial charge in [-0.05, 0) is 54.8 Å². The van der Waals surface area contributed by atoms with Crippen molar-refractivity contribution >= 4 is 11.9 Å². The van der Waals surface area contributed by atoms with E-state index in [2.05, 4.69) is 17.2 Å². The van der Waals surface area contributed by atoms with Crippen LogP contribution in [0.4, 0.5) is 13.2 Å². The number of halogens is 3. The molecule has 0 radical (unpaired) electrons. The number of alkyl halides is 3. The Kier molecular flexibility index (Phi) is 10.5. The summed E-state index contributed by atoms with van der Waals surface area (Å²) >= 11 is 0. The molecule has 0 aliphatic carbocycles. The summed E-state index contributed by atoms with van der Waals surface area (Å²) < 4.78 is 39.7. The van der Waals surface area contributed by atoms with Crippen molar-refractivity contribution in [1.29, 1.82) is 0 Å². The molecule has 0 aliphatic heterocycles. The van der Waals surface area contributed by atoms with Crippen LogP contribution in [-0.4, -0.2) is 28.6 Å². The van der Waals surface area contributed by atoms with E-state index >= 15 is 0 Å². The molecule has 0 aliphatic rings. The number of aromatic carboxylic acids is 1. The Balaban J connectivity index is 0.00000265. The number of carboxylic acid groups (broad SMARTS) is 1. The minimum atomic E-state index is -4.69. The summed E-state index contributed by atoms with van der Waals surface area (Å²) in [5, 5.41) is 21.4. The Morgan fingerprint density at radius 1 is 1.03 bits per heavy atom. The first-order valence-corrected chi connectivity index (χ1v) is 10.5. The Morgan fingerprint density at radius 3 is 2.21 bits per heavy atom. The lowest BCUT2D eigenvalue weighted by Crippen LogP contribution is -2.28. The standard InChI is InChI=1S/C23H22F3NO4.C2H6/c1-14(2)21(29)27-11-3-4-17-12-18(22(30)31)8-6-15(17)5-7-16-9-10-19(28)13-20(16)23(24,25)26;1-2/h6,8-10,12-14,28H,3-4,11H2,1-2H3,(H,27,29)(H,30,31);1-2H3. The van der Waals surface area contributed by atoms with Crippen LogP contribution in [0.3, 0.4) is 0 Å². The van der Waals surface area contributed by atoms with E-state index in [0.717, 1.165) is 12.1 Å². The molecule has 0 spiro atoms. The lowest BCUT2D eigenvalue weighted by Gasteiger charge is -2.10. The fourth-order valence-electron chi connectivity index (χ4n) is 2.76. The maximum absolute atomic E-state index is 13.2. The normalized spacial score (nSPS) is 10.5. The molecule has 0 heterocycles. The quantitative estimate of drug-likeness (QED) is 0.404. The number of carbonyl (C=O) groups excluding carboxylic acids is 1. The van der Waals surface area contributed by atoms with Crippen LogP contribution in [0, 0.1) is 17.8 Å². The summed E-state index contributed by atoms with van der Waals surface area (Å²) in [6.07, 6.45) is -3.80. The highest BCUT2D eigenvalue weighted by molar-refractivity contribution is 5.88. The number of carbonyl (C=O) groups is 2. The summed E-state index contributed by atoms with van der Waals surface area (Å²) in [5.41, 5.74) is -0.379. The molecule has 8 heteroatoms. The van der Waals surface area contributed by atoms with Gasteiger partial charge in [0.05, 0.1) is 11.1 Å². The van der Waals surface area contributed by atoms with Gasteiger partial charge in [0, 0.05) is 23.6 Å². The van der Waals surface area contributed by atoms with Gasteiger partial charge in [-0.1, -0.05) is 39.5 Å². The Labute approximate surface area is 191 Å². The molecule has 2 rings (SSSR count). The Morgan fingerprint density at radius 2 is 1.64 bits per heavy atom. The molecule has 2 aromatic rings. The zero-order valence-corrected chi connectivity index (χ0v) is 19.0. The second kappa shape index (κ2) is 12.5. The van der Waals surface area contributed by atoms with Gasteiger partial charge in [-0.15, -0.1) is 0 Å². The number of hydrogen-bond acceptors (Lipinski definition) is 3. The smallest absolute Gasteiger partial charge is 0.417 e. The monoisotopic (exact) mass is 463 g/mol. The van der Waals surface area contributed by atoms with E-state index in [9.17, 15) is 33.0 Å². The van der Waals surface area contributed by atoms with Crippen molar-refractivity contribution in [2.45, 2.75) is 46.7 Å². The number of phenols is 1. The first-order valence-electron chi connectivity index (χ1n) is 10.5. The van der Waals surface area contributed by atoms with Gasteiger partial charge in [-0.2, -0.15) is 13.2 Å². The lowest BCUT2D eigenvalue weighted by atomic mass is 9.99. The van der Waals surface area contributed by atoms with Crippen LogP contribution in [0.25, 0.3) is 0 Å². The van der Waals surface area contributed by atoms with E-state index in [1.54, 1.807) is 13.8 Å². The second-order valence-corrected chi connectivity index (χ2v) is 7.20. The molecule has 0 aromatic heterocycles. The van der Waals surface area contributed by atoms with Crippen LogP contribution >= 0.6 is 0 Å². The van der Waals surface area contributed by atoms with Crippen molar-refractivity contribution in [2.75, 3.05) is 6.54 Å². The minimum Gasteiger partial charge on any atom is -0.508 e. The van der Waals surface area contributed by atoms with Crippen molar-refractivity contribution < 1.29 is 33.0 Å². The van der Waals surface area contributed by atoms with Crippen LogP contribution in [-0.2, 0) is 17.4 Å². The Bertz CT molecular complexity index is 1030. The average molecular weight is 463 g/mol. The third-order valence-corrected chi connectivity index (χ3v) is 4.44. The van der Waals surface area contributed by atoms with Gasteiger partial charge in [0.15, 0.2) is 0 Å². The molecular formula is C25H28F3NO4. The molecule has 0 fully saturated rings. The predicted octanol–water partition coefficient (Wildman–Crippen LogP) is 5.24. The first-order chi connectivity index (χ1) is 15.5. The molecule has 0 saturated carbocycles. The molecule has 0 saturated heterocycles. The third-order valence-electron chi connectivity index (χ3n) is 4.44. The topological polar surface area (TPSA) is 86.6 Å². The van der Waals surface area contributed by atoms with Crippen LogP contribution in [0.2, 0.25) is 0 Å². The van der Waals surface area contributed by atoms with Crippen molar-refractivity contribution in [1.82, 2.24) is 5.32 Å². The van der Waals surface area contributed by atoms with Crippen LogP contribution in [0.5, 0.6) is 5.75 Å². The number of phenolic OH excluding ortho intramolecular Hbond substituents is 1. The molecule has 0 bridgehead atoms. The van der Waals surface area contributed by atoms with Crippen LogP contribution in [0.15, 0.2) is 36.4 Å². The molecule has 178 valence electrons. The second-order valence-electron chi connectivity index (χ2n) is 7.20. The highest BCUT2D eigenvalue weighted by Gasteiger charge is 2.33. The highest BCUT2D eigenvalue weighted by atomic mass is 19.4. The van der Waals surface area contributed by atoms with Gasteiger partial charge in [0.2, 0.25) is 5.91 Å². The summed E-state index contributed by atoms with van der Waals surface area (Å²) in [6.45, 7) is 7.90. The maximum Gasteiger partial charge on any atom is 0.417 e. The molecule has 1 amide bonds. The van der Waals surface area contributed by atoms with Gasteiger partial charge >= 0.3 is 12.1 Å². The number of amides is 1. The fraction of sp³-hybridized carbons (Fsp3) is 0.360. The molecule has 0 atom stereocenters. The van der Waals surface area contributed by atoms with Crippen molar-refractivity contribution in [3.63, 3.8) is 0 Å². The zero-order chi connectivity index (χ0) is 25.2. The van der Waals surface area contributed by atoms with Crippen molar-refractivity contribution in [2.24, 2.45) is 5.92 Å². The van der Waals surface area contributed by atoms with E-state index in [0.29, 0.717) is 36.6 Å². The number of hydrogen-bond donors (Lipinski definition) is 3. The van der Waals surface area contributed by atoms with E-state index in [-0.39, 0.29) is 23.0 Å². The number of nitrogens with one attached hydrogen (secondary N) is 1. The third kappa shape index (κ3) is 8.53. The molecular weight excluding hydrogens is 435 g/mol. The van der Waals surface area contributed by atoms with E-state index in [4.69, 9.17) is 0 Å². The molecule has 5 nitrogen and oxygen atoms in total. The van der Waals surface area contributed by atoms with Crippen molar-refractivity contribution in [3.8, 4) is 17.6 Å². The SMILES string of the molecule is CC.CC(C)C(=O)NCCCc1cc(C(=O)O)ccc1C#Cc1ccc(O)cc1C(F)(F)F. The van der Waals surface area contributed by atoms with Gasteiger partial charge in [-0.25, -0.2) is 4.79 Å². The van der Waals surface area contributed by atoms with Crippen LogP contribution in [0.1, 0.15) is 66.7 Å². The number of carboxylic acids is 1. The van der Waals surface area contributed by atoms with Crippen LogP contribution < -0.4 is 5.32 Å². The number of aromatic hydroxyl groups is 1. The van der Waals surface area contributed by atoms with Gasteiger partial charge in [-0.3, -0.25) is 4.79 Å². The molecule has 0 unspecified atom stereocenters. The number of benzene rings is 2. The highest BCUT2D eigenvalue weighted by Crippen LogP contribution is 2.33. The molecule has 33 heavy (non-hydrogen) atoms. The molecule has 2 aromatic carbocycles. The van der Waals surface area contributed by atoms with Gasteiger partial charge in [0.1, 0.15) is 5.75 Å². The van der Waals surface area contributed by atoms with E-state index in [1.165, 1.54) is 18.2 Å². The summed E-state index contributed by atoms with van der Waals surface area (Å²) in [6, 6.07) is 7.01. The van der Waals surface area contributed by atoms with Gasteiger partial charge < -0.3 is 15.5 Å². The van der Waals surface area contributed by atoms with E-state index < -0.39 is 23.5 Å². The average Bonchev–Trinajstić information content (AvgIpc) is 2.76. The van der Waals surface area contributed by atoms with Crippen molar-refractivity contribution in [3.05, 3.63) is 64.2 Å². The zero-order valence-electron chi connectivity index (χ0n) is 19.0.